The van der Waals surface area contributed by atoms with E-state index in [4.69, 9.17) is 23.1 Å². The van der Waals surface area contributed by atoms with Gasteiger partial charge in [-0.1, -0.05) is 25.4 Å². The molecule has 0 saturated heterocycles. The zero-order valence-electron chi connectivity index (χ0n) is 11.0. The monoisotopic (exact) mass is 283 g/mol. The molecule has 1 aromatic rings. The highest BCUT2D eigenvalue weighted by Crippen LogP contribution is 2.20. The number of hydrogen-bond donors (Lipinski definition) is 2. The molecule has 0 aliphatic heterocycles. The van der Waals surface area contributed by atoms with Crippen LogP contribution in [0.3, 0.4) is 0 Å². The van der Waals surface area contributed by atoms with Crippen molar-refractivity contribution >= 4 is 29.1 Å². The van der Waals surface area contributed by atoms with Gasteiger partial charge in [-0.15, -0.1) is 0 Å². The summed E-state index contributed by atoms with van der Waals surface area (Å²) in [6.07, 6.45) is 0. The molecule has 0 aromatic heterocycles. The Morgan fingerprint density at radius 3 is 2.47 bits per heavy atom. The predicted molar refractivity (Wildman–Crippen MR) is 75.8 cm³/mol. The molecular formula is C13H18ClN3O2. The predicted octanol–water partition coefficient (Wildman–Crippen LogP) is 1.51. The number of nitrogens with zero attached hydrogens (tertiary/aromatic N) is 1. The smallest absolute Gasteiger partial charge is 0.256 e. The number of carbonyl (C=O) groups is 2. The van der Waals surface area contributed by atoms with Crippen LogP contribution in [0.2, 0.25) is 5.02 Å². The van der Waals surface area contributed by atoms with Crippen LogP contribution in [-0.4, -0.2) is 29.8 Å². The first-order valence-electron chi connectivity index (χ1n) is 5.94. The van der Waals surface area contributed by atoms with E-state index in [0.717, 1.165) is 0 Å². The summed E-state index contributed by atoms with van der Waals surface area (Å²) >= 11 is 5.79. The minimum atomic E-state index is -0.554. The number of hydrogen-bond acceptors (Lipinski definition) is 3. The molecule has 0 radical (unpaired) electrons. The zero-order chi connectivity index (χ0) is 14.6. The maximum absolute atomic E-state index is 12.3. The van der Waals surface area contributed by atoms with Gasteiger partial charge in [0.05, 0.1) is 12.1 Å². The van der Waals surface area contributed by atoms with Crippen molar-refractivity contribution in [1.29, 1.82) is 0 Å². The first-order chi connectivity index (χ1) is 8.81. The Labute approximate surface area is 117 Å². The van der Waals surface area contributed by atoms with Crippen molar-refractivity contribution in [2.45, 2.75) is 13.8 Å². The van der Waals surface area contributed by atoms with Crippen LogP contribution in [0.25, 0.3) is 0 Å². The SMILES string of the molecule is CC(C)CN(CC(N)=O)C(=O)c1ccc(Cl)cc1N. The Balaban J connectivity index is 3.00. The van der Waals surface area contributed by atoms with Crippen LogP contribution in [0.1, 0.15) is 24.2 Å². The second kappa shape index (κ2) is 6.43. The van der Waals surface area contributed by atoms with Crippen LogP contribution in [-0.2, 0) is 4.79 Å². The lowest BCUT2D eigenvalue weighted by Crippen LogP contribution is -2.40. The van der Waals surface area contributed by atoms with Gasteiger partial charge in [0.25, 0.3) is 5.91 Å². The third kappa shape index (κ3) is 4.44. The first kappa shape index (κ1) is 15.3. The number of amides is 2. The van der Waals surface area contributed by atoms with Gasteiger partial charge < -0.3 is 16.4 Å². The maximum atomic E-state index is 12.3. The molecule has 6 heteroatoms. The molecule has 19 heavy (non-hydrogen) atoms. The van der Waals surface area contributed by atoms with Crippen LogP contribution in [0.4, 0.5) is 5.69 Å². The Hall–Kier alpha value is -1.75. The molecule has 4 N–H and O–H groups in total. The molecule has 0 bridgehead atoms. The summed E-state index contributed by atoms with van der Waals surface area (Å²) in [5, 5.41) is 0.458. The summed E-state index contributed by atoms with van der Waals surface area (Å²) in [7, 11) is 0. The third-order valence-corrected chi connectivity index (χ3v) is 2.70. The van der Waals surface area contributed by atoms with Crippen LogP contribution >= 0.6 is 11.6 Å². The van der Waals surface area contributed by atoms with Crippen molar-refractivity contribution in [2.24, 2.45) is 11.7 Å². The molecule has 1 aromatic carbocycles. The number of nitrogen functional groups attached to an aromatic ring is 1. The molecule has 0 fully saturated rings. The van der Waals surface area contributed by atoms with E-state index < -0.39 is 5.91 Å². The molecule has 2 amide bonds. The highest BCUT2D eigenvalue weighted by Gasteiger charge is 2.20. The molecule has 0 spiro atoms. The van der Waals surface area contributed by atoms with Gasteiger partial charge >= 0.3 is 0 Å². The van der Waals surface area contributed by atoms with E-state index in [9.17, 15) is 9.59 Å². The van der Waals surface area contributed by atoms with Gasteiger partial charge in [0.15, 0.2) is 0 Å². The van der Waals surface area contributed by atoms with Crippen molar-refractivity contribution in [3.63, 3.8) is 0 Å². The quantitative estimate of drug-likeness (QED) is 0.803. The summed E-state index contributed by atoms with van der Waals surface area (Å²) in [4.78, 5) is 24.8. The lowest BCUT2D eigenvalue weighted by atomic mass is 10.1. The number of benzene rings is 1. The van der Waals surface area contributed by atoms with Crippen molar-refractivity contribution in [2.75, 3.05) is 18.8 Å². The van der Waals surface area contributed by atoms with Crippen LogP contribution < -0.4 is 11.5 Å². The number of rotatable bonds is 5. The molecule has 104 valence electrons. The Morgan fingerprint density at radius 1 is 1.37 bits per heavy atom. The molecular weight excluding hydrogens is 266 g/mol. The number of primary amides is 1. The summed E-state index contributed by atoms with van der Waals surface area (Å²) in [5.41, 5.74) is 11.5. The van der Waals surface area contributed by atoms with Gasteiger partial charge in [-0.05, 0) is 24.1 Å². The number of anilines is 1. The maximum Gasteiger partial charge on any atom is 0.256 e. The summed E-state index contributed by atoms with van der Waals surface area (Å²) in [6, 6.07) is 4.64. The highest BCUT2D eigenvalue weighted by molar-refractivity contribution is 6.31. The average Bonchev–Trinajstić information content (AvgIpc) is 2.26. The summed E-state index contributed by atoms with van der Waals surface area (Å²) < 4.78 is 0. The lowest BCUT2D eigenvalue weighted by Gasteiger charge is -2.23. The molecule has 0 saturated carbocycles. The van der Waals surface area contributed by atoms with Crippen molar-refractivity contribution in [3.05, 3.63) is 28.8 Å². The minimum Gasteiger partial charge on any atom is -0.398 e. The Kier molecular flexibility index (Phi) is 5.18. The molecule has 5 nitrogen and oxygen atoms in total. The Morgan fingerprint density at radius 2 is 2.00 bits per heavy atom. The van der Waals surface area contributed by atoms with E-state index in [0.29, 0.717) is 17.1 Å². The van der Waals surface area contributed by atoms with Gasteiger partial charge in [-0.2, -0.15) is 0 Å². The number of halogens is 1. The fourth-order valence-corrected chi connectivity index (χ4v) is 1.93. The number of carbonyl (C=O) groups excluding carboxylic acids is 2. The molecule has 1 rings (SSSR count). The van der Waals surface area contributed by atoms with Crippen molar-refractivity contribution < 1.29 is 9.59 Å². The zero-order valence-corrected chi connectivity index (χ0v) is 11.8. The van der Waals surface area contributed by atoms with E-state index in [1.165, 1.54) is 11.0 Å². The van der Waals surface area contributed by atoms with Gasteiger partial charge in [-0.25, -0.2) is 0 Å². The van der Waals surface area contributed by atoms with Gasteiger partial charge in [0.2, 0.25) is 5.91 Å². The van der Waals surface area contributed by atoms with E-state index >= 15 is 0 Å². The molecule has 0 aliphatic carbocycles. The van der Waals surface area contributed by atoms with E-state index in [2.05, 4.69) is 0 Å². The third-order valence-electron chi connectivity index (χ3n) is 2.46. The fourth-order valence-electron chi connectivity index (χ4n) is 1.75. The highest BCUT2D eigenvalue weighted by atomic mass is 35.5. The standard InChI is InChI=1S/C13H18ClN3O2/c1-8(2)6-17(7-12(16)18)13(19)10-4-3-9(14)5-11(10)15/h3-5,8H,6-7,15H2,1-2H3,(H2,16,18). The average molecular weight is 284 g/mol. The molecule has 0 unspecified atom stereocenters. The Bertz CT molecular complexity index is 489. The second-order valence-corrected chi connectivity index (χ2v) is 5.21. The van der Waals surface area contributed by atoms with Crippen LogP contribution in [0.15, 0.2) is 18.2 Å². The first-order valence-corrected chi connectivity index (χ1v) is 6.31. The molecule has 0 aliphatic rings. The lowest BCUT2D eigenvalue weighted by molar-refractivity contribution is -0.118. The van der Waals surface area contributed by atoms with E-state index in [1.807, 2.05) is 13.8 Å². The second-order valence-electron chi connectivity index (χ2n) is 4.78. The van der Waals surface area contributed by atoms with Crippen LogP contribution in [0.5, 0.6) is 0 Å². The minimum absolute atomic E-state index is 0.126. The largest absolute Gasteiger partial charge is 0.398 e. The number of nitrogens with two attached hydrogens (primary N) is 2. The summed E-state index contributed by atoms with van der Waals surface area (Å²) in [6.45, 7) is 4.21. The van der Waals surface area contributed by atoms with E-state index in [-0.39, 0.29) is 24.1 Å². The topological polar surface area (TPSA) is 89.4 Å². The van der Waals surface area contributed by atoms with Gasteiger partial charge in [0.1, 0.15) is 0 Å². The summed E-state index contributed by atoms with van der Waals surface area (Å²) in [5.74, 6) is -0.653. The fraction of sp³-hybridized carbons (Fsp3) is 0.385. The van der Waals surface area contributed by atoms with Crippen molar-refractivity contribution in [3.8, 4) is 0 Å². The van der Waals surface area contributed by atoms with Gasteiger partial charge in [0, 0.05) is 17.3 Å². The molecule has 0 heterocycles. The van der Waals surface area contributed by atoms with Gasteiger partial charge in [-0.3, -0.25) is 9.59 Å². The van der Waals surface area contributed by atoms with E-state index in [1.54, 1.807) is 12.1 Å². The normalized spacial score (nSPS) is 10.5. The van der Waals surface area contributed by atoms with Crippen LogP contribution in [0, 0.1) is 5.92 Å². The van der Waals surface area contributed by atoms with Crippen molar-refractivity contribution in [1.82, 2.24) is 4.90 Å². The molecule has 0 atom stereocenters.